The molecule has 26 heavy (non-hydrogen) atoms. The van der Waals surface area contributed by atoms with E-state index in [1.165, 1.54) is 0 Å². The van der Waals surface area contributed by atoms with Gasteiger partial charge < -0.3 is 14.6 Å². The number of nitrogens with one attached hydrogen (secondary N) is 1. The van der Waals surface area contributed by atoms with Gasteiger partial charge in [0.05, 0.1) is 12.2 Å². The molecule has 3 rings (SSSR count). The van der Waals surface area contributed by atoms with Gasteiger partial charge >= 0.3 is 0 Å². The summed E-state index contributed by atoms with van der Waals surface area (Å²) in [6.07, 6.45) is 7.36. The summed E-state index contributed by atoms with van der Waals surface area (Å²) < 4.78 is 6.21. The smallest absolute Gasteiger partial charge is 0.261 e. The van der Waals surface area contributed by atoms with Crippen molar-refractivity contribution >= 4 is 5.91 Å². The van der Waals surface area contributed by atoms with Gasteiger partial charge in [0.25, 0.3) is 11.5 Å². The number of aromatic amines is 1. The monoisotopic (exact) mass is 360 g/mol. The predicted octanol–water partition coefficient (Wildman–Crippen LogP) is 3.31. The molecule has 0 radical (unpaired) electrons. The molecule has 0 bridgehead atoms. The maximum Gasteiger partial charge on any atom is 0.261 e. The van der Waals surface area contributed by atoms with Crippen LogP contribution in [-0.4, -0.2) is 41.1 Å². The van der Waals surface area contributed by atoms with Gasteiger partial charge in [-0.2, -0.15) is 0 Å². The number of rotatable bonds is 5. The van der Waals surface area contributed by atoms with Gasteiger partial charge in [0.2, 0.25) is 0 Å². The minimum Gasteiger partial charge on any atom is -0.371 e. The number of nitrogens with zero attached hydrogens (tertiary/aromatic N) is 1. The highest BCUT2D eigenvalue weighted by atomic mass is 16.5. The molecular formula is C21H32N2O3. The van der Waals surface area contributed by atoms with Gasteiger partial charge in [0.1, 0.15) is 5.56 Å². The van der Waals surface area contributed by atoms with Crippen molar-refractivity contribution in [3.8, 4) is 0 Å². The van der Waals surface area contributed by atoms with E-state index in [0.29, 0.717) is 24.6 Å². The lowest BCUT2D eigenvalue weighted by Crippen LogP contribution is -2.52. The van der Waals surface area contributed by atoms with Crippen molar-refractivity contribution in [2.75, 3.05) is 13.1 Å². The Morgan fingerprint density at radius 1 is 1.31 bits per heavy atom. The number of ether oxygens (including phenoxy) is 1. The zero-order valence-corrected chi connectivity index (χ0v) is 16.3. The first kappa shape index (κ1) is 19.2. The number of morpholine rings is 1. The average molecular weight is 360 g/mol. The molecule has 1 amide bonds. The molecule has 0 unspecified atom stereocenters. The van der Waals surface area contributed by atoms with Crippen LogP contribution >= 0.6 is 0 Å². The van der Waals surface area contributed by atoms with E-state index in [2.05, 4.69) is 25.8 Å². The fraction of sp³-hybridized carbons (Fsp3) is 0.714. The number of aromatic nitrogens is 1. The van der Waals surface area contributed by atoms with Crippen LogP contribution in [0.25, 0.3) is 0 Å². The van der Waals surface area contributed by atoms with E-state index >= 15 is 0 Å². The van der Waals surface area contributed by atoms with Crippen molar-refractivity contribution in [1.29, 1.82) is 0 Å². The third-order valence-corrected chi connectivity index (χ3v) is 5.67. The van der Waals surface area contributed by atoms with Crippen LogP contribution in [0.15, 0.2) is 10.9 Å². The normalized spacial score (nSPS) is 23.2. The first-order valence-electron chi connectivity index (χ1n) is 10.2. The number of carbonyl (C=O) groups excluding carboxylic acids is 1. The Hall–Kier alpha value is -1.62. The zero-order chi connectivity index (χ0) is 18.7. The molecule has 2 atom stereocenters. The molecule has 1 N–H and O–H groups in total. The second kappa shape index (κ2) is 8.38. The number of pyridine rings is 1. The van der Waals surface area contributed by atoms with Crippen LogP contribution in [0.2, 0.25) is 0 Å². The quantitative estimate of drug-likeness (QED) is 0.876. The van der Waals surface area contributed by atoms with E-state index in [1.54, 1.807) is 0 Å². The molecular weight excluding hydrogens is 328 g/mol. The molecule has 2 aliphatic rings. The Labute approximate surface area is 156 Å². The third kappa shape index (κ3) is 4.20. The molecule has 144 valence electrons. The van der Waals surface area contributed by atoms with Crippen molar-refractivity contribution in [2.45, 2.75) is 77.9 Å². The van der Waals surface area contributed by atoms with Gasteiger partial charge in [0.15, 0.2) is 0 Å². The Kier molecular flexibility index (Phi) is 6.17. The Bertz CT molecular complexity index is 695. The fourth-order valence-corrected chi connectivity index (χ4v) is 4.00. The van der Waals surface area contributed by atoms with Crippen molar-refractivity contribution in [3.05, 3.63) is 33.2 Å². The van der Waals surface area contributed by atoms with Crippen LogP contribution in [0.4, 0.5) is 0 Å². The Balaban J connectivity index is 1.82. The lowest BCUT2D eigenvalue weighted by Gasteiger charge is -2.40. The highest BCUT2D eigenvalue weighted by Crippen LogP contribution is 2.23. The number of unbranched alkanes of at least 4 members (excludes halogenated alkanes) is 1. The van der Waals surface area contributed by atoms with Gasteiger partial charge in [-0.25, -0.2) is 0 Å². The van der Waals surface area contributed by atoms with Crippen LogP contribution in [-0.2, 0) is 17.6 Å². The summed E-state index contributed by atoms with van der Waals surface area (Å²) in [5, 5.41) is 0. The molecule has 1 aromatic rings. The van der Waals surface area contributed by atoms with Crippen LogP contribution in [0.1, 0.15) is 74.5 Å². The van der Waals surface area contributed by atoms with Crippen LogP contribution in [0.3, 0.4) is 0 Å². The molecule has 5 heteroatoms. The topological polar surface area (TPSA) is 62.4 Å². The summed E-state index contributed by atoms with van der Waals surface area (Å²) in [5.41, 5.74) is 2.20. The highest BCUT2D eigenvalue weighted by molar-refractivity contribution is 5.94. The van der Waals surface area contributed by atoms with Crippen LogP contribution in [0.5, 0.6) is 0 Å². The SMILES string of the molecule is CCCC[C@@H]1CN(C(=O)c2cc3c([nH]c2=O)CCCC3)C[C@H](C(C)C)O1. The van der Waals surface area contributed by atoms with Gasteiger partial charge in [-0.05, 0) is 49.7 Å². The molecule has 1 fully saturated rings. The largest absolute Gasteiger partial charge is 0.371 e. The van der Waals surface area contributed by atoms with E-state index in [9.17, 15) is 9.59 Å². The van der Waals surface area contributed by atoms with Crippen LogP contribution in [0, 0.1) is 5.92 Å². The number of fused-ring (bicyclic) bond motifs is 1. The van der Waals surface area contributed by atoms with Crippen molar-refractivity contribution in [3.63, 3.8) is 0 Å². The Morgan fingerprint density at radius 3 is 2.81 bits per heavy atom. The lowest BCUT2D eigenvalue weighted by molar-refractivity contribution is -0.0963. The molecule has 1 aliphatic heterocycles. The summed E-state index contributed by atoms with van der Waals surface area (Å²) in [5.74, 6) is 0.201. The third-order valence-electron chi connectivity index (χ3n) is 5.67. The van der Waals surface area contributed by atoms with Crippen LogP contribution < -0.4 is 5.56 Å². The number of hydrogen-bond donors (Lipinski definition) is 1. The molecule has 1 saturated heterocycles. The molecule has 0 spiro atoms. The van der Waals surface area contributed by atoms with E-state index in [1.807, 2.05) is 11.0 Å². The van der Waals surface area contributed by atoms with Gasteiger partial charge in [-0.15, -0.1) is 0 Å². The van der Waals surface area contributed by atoms with Gasteiger partial charge in [0, 0.05) is 18.8 Å². The Morgan fingerprint density at radius 2 is 2.08 bits per heavy atom. The molecule has 0 saturated carbocycles. The fourth-order valence-electron chi connectivity index (χ4n) is 4.00. The van der Waals surface area contributed by atoms with Crippen molar-refractivity contribution < 1.29 is 9.53 Å². The predicted molar refractivity (Wildman–Crippen MR) is 103 cm³/mol. The number of H-pyrrole nitrogens is 1. The molecule has 1 aliphatic carbocycles. The number of carbonyl (C=O) groups is 1. The molecule has 1 aromatic heterocycles. The lowest BCUT2D eigenvalue weighted by atomic mass is 9.94. The summed E-state index contributed by atoms with van der Waals surface area (Å²) in [7, 11) is 0. The van der Waals surface area contributed by atoms with E-state index in [0.717, 1.165) is 56.2 Å². The summed E-state index contributed by atoms with van der Waals surface area (Å²) in [6.45, 7) is 7.56. The second-order valence-electron chi connectivity index (χ2n) is 8.12. The maximum atomic E-state index is 13.1. The van der Waals surface area contributed by atoms with E-state index in [4.69, 9.17) is 4.74 Å². The van der Waals surface area contributed by atoms with Gasteiger partial charge in [-0.3, -0.25) is 9.59 Å². The second-order valence-corrected chi connectivity index (χ2v) is 8.12. The highest BCUT2D eigenvalue weighted by Gasteiger charge is 2.33. The first-order valence-corrected chi connectivity index (χ1v) is 10.2. The minimum atomic E-state index is -0.242. The van der Waals surface area contributed by atoms with E-state index < -0.39 is 0 Å². The van der Waals surface area contributed by atoms with Crippen molar-refractivity contribution in [1.82, 2.24) is 9.88 Å². The minimum absolute atomic E-state index is 0.0336. The average Bonchev–Trinajstić information content (AvgIpc) is 2.65. The molecule has 0 aromatic carbocycles. The zero-order valence-electron chi connectivity index (χ0n) is 16.3. The first-order chi connectivity index (χ1) is 12.5. The summed E-state index contributed by atoms with van der Waals surface area (Å²) >= 11 is 0. The van der Waals surface area contributed by atoms with Gasteiger partial charge in [-0.1, -0.05) is 33.6 Å². The molecule has 5 nitrogen and oxygen atoms in total. The number of hydrogen-bond acceptors (Lipinski definition) is 3. The maximum absolute atomic E-state index is 13.1. The summed E-state index contributed by atoms with van der Waals surface area (Å²) in [4.78, 5) is 30.5. The standard InChI is InChI=1S/C21H32N2O3/c1-4-5-9-16-12-23(13-19(26-16)14(2)3)21(25)17-11-15-8-6-7-10-18(15)22-20(17)24/h11,14,16,19H,4-10,12-13H2,1-3H3,(H,22,24)/t16-,19-/m1/s1. The number of amides is 1. The molecule has 2 heterocycles. The van der Waals surface area contributed by atoms with Crippen molar-refractivity contribution in [2.24, 2.45) is 5.92 Å². The van der Waals surface area contributed by atoms with E-state index in [-0.39, 0.29) is 23.7 Å². The summed E-state index contributed by atoms with van der Waals surface area (Å²) in [6, 6.07) is 1.84. The number of aryl methyl sites for hydroxylation is 2.